The highest BCUT2D eigenvalue weighted by atomic mass is 32.2. The molecule has 1 amide bonds. The number of likely N-dealkylation sites (tertiary alicyclic amines) is 1. The lowest BCUT2D eigenvalue weighted by atomic mass is 9.92. The van der Waals surface area contributed by atoms with Crippen molar-refractivity contribution in [3.8, 4) is 0 Å². The number of rotatable bonds is 4. The summed E-state index contributed by atoms with van der Waals surface area (Å²) >= 11 is 1.99. The van der Waals surface area contributed by atoms with Crippen LogP contribution in [0.2, 0.25) is 0 Å². The van der Waals surface area contributed by atoms with Crippen molar-refractivity contribution in [1.29, 1.82) is 0 Å². The molecule has 1 aromatic rings. The van der Waals surface area contributed by atoms with Gasteiger partial charge in [-0.1, -0.05) is 13.0 Å². The molecule has 0 radical (unpaired) electrons. The maximum Gasteiger partial charge on any atom is 0.226 e. The summed E-state index contributed by atoms with van der Waals surface area (Å²) in [6.45, 7) is 6.60. The van der Waals surface area contributed by atoms with E-state index >= 15 is 0 Å². The van der Waals surface area contributed by atoms with Gasteiger partial charge in [0.05, 0.1) is 23.2 Å². The molecule has 124 valence electrons. The normalized spacial score (nSPS) is 31.2. The Kier molecular flexibility index (Phi) is 3.88. The Morgan fingerprint density at radius 2 is 2.26 bits per heavy atom. The third kappa shape index (κ3) is 3.13. The zero-order valence-corrected chi connectivity index (χ0v) is 14.6. The Balaban J connectivity index is 1.25. The molecule has 0 N–H and O–H groups in total. The van der Waals surface area contributed by atoms with Gasteiger partial charge in [-0.2, -0.15) is 0 Å². The first-order valence-electron chi connectivity index (χ1n) is 8.52. The number of aryl methyl sites for hydroxylation is 1. The summed E-state index contributed by atoms with van der Waals surface area (Å²) in [7, 11) is 0. The largest absolute Gasteiger partial charge is 0.371 e. The van der Waals surface area contributed by atoms with E-state index in [1.54, 1.807) is 0 Å². The van der Waals surface area contributed by atoms with Crippen molar-refractivity contribution in [1.82, 2.24) is 9.88 Å². The highest BCUT2D eigenvalue weighted by Gasteiger charge is 2.53. The fourth-order valence-corrected chi connectivity index (χ4v) is 5.27. The Hall–Kier alpha value is -1.07. The van der Waals surface area contributed by atoms with Gasteiger partial charge >= 0.3 is 0 Å². The average Bonchev–Trinajstić information content (AvgIpc) is 3.07. The first-order valence-corrected chi connectivity index (χ1v) is 9.50. The number of nitrogens with zero attached hydrogens (tertiary/aromatic N) is 2. The monoisotopic (exact) mass is 332 g/mol. The topological polar surface area (TPSA) is 42.4 Å². The van der Waals surface area contributed by atoms with Gasteiger partial charge in [0.2, 0.25) is 5.91 Å². The van der Waals surface area contributed by atoms with Crippen LogP contribution < -0.4 is 0 Å². The number of ether oxygens (including phenoxy) is 1. The minimum absolute atomic E-state index is 0.262. The number of hydrogen-bond donors (Lipinski definition) is 0. The number of amides is 1. The number of hydrogen-bond acceptors (Lipinski definition) is 4. The van der Waals surface area contributed by atoms with Crippen LogP contribution in [0.4, 0.5) is 0 Å². The summed E-state index contributed by atoms with van der Waals surface area (Å²) in [5.41, 5.74) is 2.04. The molecule has 1 aliphatic carbocycles. The molecule has 3 atom stereocenters. The third-order valence-corrected chi connectivity index (χ3v) is 6.86. The minimum atomic E-state index is 0.262. The van der Waals surface area contributed by atoms with Gasteiger partial charge in [-0.15, -0.1) is 11.8 Å². The van der Waals surface area contributed by atoms with E-state index in [9.17, 15) is 4.79 Å². The molecule has 0 bridgehead atoms. The second-order valence-electron chi connectivity index (χ2n) is 7.42. The zero-order chi connectivity index (χ0) is 16.0. The summed E-state index contributed by atoms with van der Waals surface area (Å²) in [5, 5.41) is 0. The second kappa shape index (κ2) is 5.78. The lowest BCUT2D eigenvalue weighted by molar-refractivity contribution is -0.138. The van der Waals surface area contributed by atoms with Gasteiger partial charge in [-0.3, -0.25) is 9.78 Å². The predicted octanol–water partition coefficient (Wildman–Crippen LogP) is 2.65. The summed E-state index contributed by atoms with van der Waals surface area (Å²) < 4.78 is 6.32. The van der Waals surface area contributed by atoms with Gasteiger partial charge < -0.3 is 9.64 Å². The minimum Gasteiger partial charge on any atom is -0.371 e. The van der Waals surface area contributed by atoms with Gasteiger partial charge in [0.15, 0.2) is 0 Å². The fourth-order valence-electron chi connectivity index (χ4n) is 3.72. The summed E-state index contributed by atoms with van der Waals surface area (Å²) in [4.78, 5) is 18.8. The molecule has 3 fully saturated rings. The average molecular weight is 332 g/mol. The van der Waals surface area contributed by atoms with Crippen molar-refractivity contribution in [2.24, 2.45) is 11.8 Å². The van der Waals surface area contributed by atoms with E-state index in [4.69, 9.17) is 4.74 Å². The maximum atomic E-state index is 12.2. The van der Waals surface area contributed by atoms with Crippen molar-refractivity contribution >= 4 is 17.7 Å². The fraction of sp³-hybridized carbons (Fsp3) is 0.667. The highest BCUT2D eigenvalue weighted by Crippen LogP contribution is 2.48. The lowest BCUT2D eigenvalue weighted by Crippen LogP contribution is -2.61. The number of thioether (sulfide) groups is 1. The molecule has 1 saturated carbocycles. The van der Waals surface area contributed by atoms with E-state index in [1.165, 1.54) is 0 Å². The third-order valence-electron chi connectivity index (χ3n) is 5.28. The van der Waals surface area contributed by atoms with E-state index in [1.807, 2.05) is 36.9 Å². The Morgan fingerprint density at radius 3 is 2.96 bits per heavy atom. The van der Waals surface area contributed by atoms with Crippen LogP contribution in [0.3, 0.4) is 0 Å². The molecular formula is C18H24N2O2S. The number of aromatic nitrogens is 1. The van der Waals surface area contributed by atoms with Crippen LogP contribution in [0.5, 0.6) is 0 Å². The van der Waals surface area contributed by atoms with E-state index < -0.39 is 0 Å². The Bertz CT molecular complexity index is 615. The molecule has 5 heteroatoms. The Morgan fingerprint density at radius 1 is 1.48 bits per heavy atom. The molecule has 0 aromatic carbocycles. The van der Waals surface area contributed by atoms with Crippen LogP contribution in [0.25, 0.3) is 0 Å². The van der Waals surface area contributed by atoms with Crippen molar-refractivity contribution in [3.05, 3.63) is 29.6 Å². The second-order valence-corrected chi connectivity index (χ2v) is 8.90. The SMILES string of the molecule is Cc1cccc(CO[C@@H]2CSC3(C2)CN(C(=O)[C@@H]2C[C@H]2C)C3)n1. The molecule has 3 heterocycles. The highest BCUT2D eigenvalue weighted by molar-refractivity contribution is 8.01. The van der Waals surface area contributed by atoms with Gasteiger partial charge in [0, 0.05) is 30.5 Å². The molecule has 1 aromatic heterocycles. The molecule has 23 heavy (non-hydrogen) atoms. The molecule has 4 nitrogen and oxygen atoms in total. The summed E-state index contributed by atoms with van der Waals surface area (Å²) in [6, 6.07) is 6.05. The molecule has 0 unspecified atom stereocenters. The van der Waals surface area contributed by atoms with Crippen LogP contribution in [0, 0.1) is 18.8 Å². The molecule has 2 saturated heterocycles. The van der Waals surface area contributed by atoms with Crippen molar-refractivity contribution in [3.63, 3.8) is 0 Å². The molecule has 3 aliphatic rings. The van der Waals surface area contributed by atoms with Crippen molar-refractivity contribution < 1.29 is 9.53 Å². The van der Waals surface area contributed by atoms with E-state index in [0.717, 1.165) is 43.1 Å². The predicted molar refractivity (Wildman–Crippen MR) is 91.2 cm³/mol. The number of pyridine rings is 1. The van der Waals surface area contributed by atoms with Crippen LogP contribution >= 0.6 is 11.8 Å². The molecule has 2 aliphatic heterocycles. The van der Waals surface area contributed by atoms with E-state index in [2.05, 4.69) is 16.8 Å². The molecular weight excluding hydrogens is 308 g/mol. The van der Waals surface area contributed by atoms with E-state index in [0.29, 0.717) is 30.5 Å². The quantitative estimate of drug-likeness (QED) is 0.850. The van der Waals surface area contributed by atoms with Crippen LogP contribution in [0.1, 0.15) is 31.2 Å². The van der Waals surface area contributed by atoms with E-state index in [-0.39, 0.29) is 4.75 Å². The smallest absolute Gasteiger partial charge is 0.226 e. The first-order chi connectivity index (χ1) is 11.0. The lowest BCUT2D eigenvalue weighted by Gasteiger charge is -2.47. The van der Waals surface area contributed by atoms with Crippen LogP contribution in [-0.2, 0) is 16.1 Å². The standard InChI is InChI=1S/C18H24N2O2S/c1-12-6-16(12)17(21)20-10-18(11-20)7-15(9-23-18)22-8-14-5-3-4-13(2)19-14/h3-5,12,15-16H,6-11H2,1-2H3/t12-,15+,16-/m1/s1. The Labute approximate surface area is 142 Å². The van der Waals surface area contributed by atoms with Crippen molar-refractivity contribution in [2.75, 3.05) is 18.8 Å². The summed E-state index contributed by atoms with van der Waals surface area (Å²) in [5.74, 6) is 2.34. The van der Waals surface area contributed by atoms with Gasteiger partial charge in [0.1, 0.15) is 0 Å². The summed E-state index contributed by atoms with van der Waals surface area (Å²) in [6.07, 6.45) is 2.44. The van der Waals surface area contributed by atoms with Gasteiger partial charge in [-0.05, 0) is 37.8 Å². The number of carbonyl (C=O) groups is 1. The number of carbonyl (C=O) groups excluding carboxylic acids is 1. The maximum absolute atomic E-state index is 12.2. The molecule has 4 rings (SSSR count). The van der Waals surface area contributed by atoms with Gasteiger partial charge in [-0.25, -0.2) is 0 Å². The van der Waals surface area contributed by atoms with Crippen LogP contribution in [-0.4, -0.2) is 45.5 Å². The zero-order valence-electron chi connectivity index (χ0n) is 13.8. The van der Waals surface area contributed by atoms with Gasteiger partial charge in [0.25, 0.3) is 0 Å². The first kappa shape index (κ1) is 15.5. The van der Waals surface area contributed by atoms with Crippen LogP contribution in [0.15, 0.2) is 18.2 Å². The van der Waals surface area contributed by atoms with Crippen molar-refractivity contribution in [2.45, 2.75) is 44.1 Å². The molecule has 1 spiro atoms.